The molecule has 0 radical (unpaired) electrons. The van der Waals surface area contributed by atoms with Gasteiger partial charge in [0.2, 0.25) is 0 Å². The van der Waals surface area contributed by atoms with Crippen LogP contribution in [0.15, 0.2) is 30.3 Å². The summed E-state index contributed by atoms with van der Waals surface area (Å²) in [6.07, 6.45) is -9.82. The van der Waals surface area contributed by atoms with Crippen LogP contribution < -0.4 is 11.1 Å². The minimum Gasteiger partial charge on any atom is -0.478 e. The second kappa shape index (κ2) is 8.13. The molecule has 0 amide bonds. The zero-order chi connectivity index (χ0) is 22.9. The number of carbonyl (C=O) groups excluding carboxylic acids is 1. The lowest BCUT2D eigenvalue weighted by molar-refractivity contribution is -0.137. The van der Waals surface area contributed by atoms with E-state index in [0.29, 0.717) is 12.1 Å². The number of carboxylic acids is 1. The van der Waals surface area contributed by atoms with Gasteiger partial charge in [0, 0.05) is 6.54 Å². The molecule has 30 heavy (non-hydrogen) atoms. The molecule has 0 heterocycles. The van der Waals surface area contributed by atoms with E-state index in [4.69, 9.17) is 5.73 Å². The van der Waals surface area contributed by atoms with E-state index in [0.717, 1.165) is 25.3 Å². The molecule has 0 bridgehead atoms. The summed E-state index contributed by atoms with van der Waals surface area (Å²) in [4.78, 5) is 23.3. The highest BCUT2D eigenvalue weighted by molar-refractivity contribution is 5.98. The molecule has 0 unspecified atom stereocenters. The van der Waals surface area contributed by atoms with Crippen LogP contribution >= 0.6 is 0 Å². The molecule has 6 nitrogen and oxygen atoms in total. The molecule has 2 rings (SSSR count). The number of hydrogen-bond acceptors (Lipinski definition) is 5. The van der Waals surface area contributed by atoms with E-state index in [1.165, 1.54) is 0 Å². The highest BCUT2D eigenvalue weighted by Crippen LogP contribution is 2.39. The van der Waals surface area contributed by atoms with Gasteiger partial charge >= 0.3 is 24.3 Å². The van der Waals surface area contributed by atoms with Gasteiger partial charge in [0.1, 0.15) is 0 Å². The second-order valence-corrected chi connectivity index (χ2v) is 5.93. The Balaban J connectivity index is 2.56. The van der Waals surface area contributed by atoms with E-state index in [2.05, 4.69) is 10.1 Å². The fraction of sp³-hybridized carbons (Fsp3) is 0.222. The second-order valence-electron chi connectivity index (χ2n) is 5.93. The predicted molar refractivity (Wildman–Crippen MR) is 92.9 cm³/mol. The van der Waals surface area contributed by atoms with Crippen molar-refractivity contribution in [1.82, 2.24) is 0 Å². The Morgan fingerprint density at radius 3 is 2.13 bits per heavy atom. The average Bonchev–Trinajstić information content (AvgIpc) is 2.63. The monoisotopic (exact) mass is 436 g/mol. The van der Waals surface area contributed by atoms with Crippen LogP contribution in [0, 0.1) is 0 Å². The maximum absolute atomic E-state index is 13.3. The van der Waals surface area contributed by atoms with Gasteiger partial charge in [-0.2, -0.15) is 26.3 Å². The lowest BCUT2D eigenvalue weighted by Gasteiger charge is -2.19. The van der Waals surface area contributed by atoms with E-state index >= 15 is 0 Å². The first-order valence-corrected chi connectivity index (χ1v) is 8.03. The van der Waals surface area contributed by atoms with Gasteiger partial charge < -0.3 is 20.9 Å². The number of aromatic carboxylic acids is 1. The lowest BCUT2D eigenvalue weighted by atomic mass is 9.99. The largest absolute Gasteiger partial charge is 0.478 e. The topological polar surface area (TPSA) is 102 Å². The Labute approximate surface area is 165 Å². The predicted octanol–water partition coefficient (Wildman–Crippen LogP) is 4.40. The third-order valence-electron chi connectivity index (χ3n) is 4.08. The van der Waals surface area contributed by atoms with Gasteiger partial charge in [0.05, 0.1) is 40.7 Å². The number of rotatable bonds is 5. The molecule has 2 aromatic rings. The van der Waals surface area contributed by atoms with Crippen LogP contribution in [0.5, 0.6) is 0 Å². The molecular weight excluding hydrogens is 422 g/mol. The number of nitrogen functional groups attached to an aromatic ring is 1. The Morgan fingerprint density at radius 1 is 1.03 bits per heavy atom. The maximum atomic E-state index is 13.3. The highest BCUT2D eigenvalue weighted by atomic mass is 19.4. The first kappa shape index (κ1) is 22.8. The minimum atomic E-state index is -4.93. The number of carbonyl (C=O) groups is 2. The number of nitrogens with two attached hydrogens (primary N) is 1. The Morgan fingerprint density at radius 2 is 1.63 bits per heavy atom. The van der Waals surface area contributed by atoms with Crippen molar-refractivity contribution in [3.8, 4) is 0 Å². The average molecular weight is 436 g/mol. The van der Waals surface area contributed by atoms with Crippen LogP contribution in [0.25, 0.3) is 0 Å². The molecule has 0 aliphatic rings. The van der Waals surface area contributed by atoms with Gasteiger partial charge in [-0.05, 0) is 23.8 Å². The molecule has 162 valence electrons. The summed E-state index contributed by atoms with van der Waals surface area (Å²) in [5.74, 6) is -2.90. The number of methoxy groups -OCH3 is 1. The minimum absolute atomic E-state index is 0.319. The molecule has 0 aliphatic carbocycles. The summed E-state index contributed by atoms with van der Waals surface area (Å²) in [6.45, 7) is -0.666. The normalized spacial score (nSPS) is 11.8. The third-order valence-corrected chi connectivity index (χ3v) is 4.08. The number of nitrogens with one attached hydrogen (secondary N) is 1. The summed E-state index contributed by atoms with van der Waals surface area (Å²) in [6, 6.07) is 4.00. The van der Waals surface area contributed by atoms with Gasteiger partial charge in [0.25, 0.3) is 0 Å². The van der Waals surface area contributed by atoms with E-state index in [-0.39, 0.29) is 5.56 Å². The van der Waals surface area contributed by atoms with E-state index in [1.807, 2.05) is 0 Å². The zero-order valence-electron chi connectivity index (χ0n) is 15.1. The van der Waals surface area contributed by atoms with Crippen molar-refractivity contribution in [2.45, 2.75) is 18.9 Å². The van der Waals surface area contributed by atoms with Crippen molar-refractivity contribution < 1.29 is 45.8 Å². The first-order chi connectivity index (χ1) is 13.8. The summed E-state index contributed by atoms with van der Waals surface area (Å²) < 4.78 is 83.4. The molecule has 0 fully saturated rings. The molecule has 0 spiro atoms. The van der Waals surface area contributed by atoms with Crippen LogP contribution in [-0.4, -0.2) is 24.2 Å². The van der Waals surface area contributed by atoms with Gasteiger partial charge in [-0.15, -0.1) is 0 Å². The molecular formula is C18H14F6N2O4. The molecule has 12 heteroatoms. The van der Waals surface area contributed by atoms with Crippen molar-refractivity contribution in [1.29, 1.82) is 0 Å². The molecule has 0 aliphatic heterocycles. The molecule has 0 atom stereocenters. The third kappa shape index (κ3) is 4.58. The SMILES string of the molecule is COC(=O)c1cccc(C(F)(F)F)c1NCc1ccc(C(F)(F)F)c(N)c1C(=O)O. The van der Waals surface area contributed by atoms with E-state index < -0.39 is 64.5 Å². The zero-order valence-corrected chi connectivity index (χ0v) is 15.1. The Hall–Kier alpha value is -3.44. The number of hydrogen-bond donors (Lipinski definition) is 3. The number of carboxylic acid groups (broad SMARTS) is 1. The molecule has 0 saturated heterocycles. The number of esters is 1. The number of halogens is 6. The van der Waals surface area contributed by atoms with Crippen LogP contribution in [0.2, 0.25) is 0 Å². The smallest absolute Gasteiger partial charge is 0.418 e. The Kier molecular flexibility index (Phi) is 6.19. The van der Waals surface area contributed by atoms with Crippen LogP contribution in [0.4, 0.5) is 37.7 Å². The summed E-state index contributed by atoms with van der Waals surface area (Å²) >= 11 is 0. The number of anilines is 2. The highest BCUT2D eigenvalue weighted by Gasteiger charge is 2.37. The summed E-state index contributed by atoms with van der Waals surface area (Å²) in [5.41, 5.74) is -0.809. The quantitative estimate of drug-likeness (QED) is 0.365. The van der Waals surface area contributed by atoms with Crippen molar-refractivity contribution in [3.63, 3.8) is 0 Å². The molecule has 0 aromatic heterocycles. The fourth-order valence-corrected chi connectivity index (χ4v) is 2.75. The van der Waals surface area contributed by atoms with E-state index in [1.54, 1.807) is 0 Å². The number of alkyl halides is 6. The van der Waals surface area contributed by atoms with E-state index in [9.17, 15) is 41.0 Å². The fourth-order valence-electron chi connectivity index (χ4n) is 2.75. The van der Waals surface area contributed by atoms with Crippen molar-refractivity contribution >= 4 is 23.3 Å². The van der Waals surface area contributed by atoms with Crippen LogP contribution in [0.1, 0.15) is 37.4 Å². The van der Waals surface area contributed by atoms with Crippen molar-refractivity contribution in [2.24, 2.45) is 0 Å². The lowest BCUT2D eigenvalue weighted by Crippen LogP contribution is -2.19. The molecule has 2 aromatic carbocycles. The summed E-state index contributed by atoms with van der Waals surface area (Å²) in [7, 11) is 0.950. The van der Waals surface area contributed by atoms with Gasteiger partial charge in [-0.3, -0.25) is 0 Å². The van der Waals surface area contributed by atoms with Gasteiger partial charge in [-0.25, -0.2) is 9.59 Å². The van der Waals surface area contributed by atoms with Crippen molar-refractivity contribution in [3.05, 3.63) is 58.1 Å². The molecule has 0 saturated carbocycles. The Bertz CT molecular complexity index is 986. The van der Waals surface area contributed by atoms with Gasteiger partial charge in [-0.1, -0.05) is 12.1 Å². The number of ether oxygens (including phenoxy) is 1. The van der Waals surface area contributed by atoms with Gasteiger partial charge in [0.15, 0.2) is 0 Å². The first-order valence-electron chi connectivity index (χ1n) is 8.03. The number of para-hydroxylation sites is 1. The standard InChI is InChI=1S/C18H14F6N2O4/c1-30-16(29)9-3-2-4-11(18(22,23)24)14(9)26-7-8-5-6-10(17(19,20)21)13(25)12(8)15(27)28/h2-6,26H,7,25H2,1H3,(H,27,28). The maximum Gasteiger partial charge on any atom is 0.418 e. The van der Waals surface area contributed by atoms with Crippen LogP contribution in [0.3, 0.4) is 0 Å². The molecule has 4 N–H and O–H groups in total. The number of benzene rings is 2. The summed E-state index contributed by atoms with van der Waals surface area (Å²) in [5, 5.41) is 11.5. The van der Waals surface area contributed by atoms with Crippen LogP contribution in [-0.2, 0) is 23.6 Å². The van der Waals surface area contributed by atoms with Crippen molar-refractivity contribution in [2.75, 3.05) is 18.2 Å².